The van der Waals surface area contributed by atoms with Crippen molar-refractivity contribution in [3.63, 3.8) is 0 Å². The average Bonchev–Trinajstić information content (AvgIpc) is 1.38. The molecular weight excluding hydrogens is 294 g/mol. The first-order valence-electron chi connectivity index (χ1n) is 2.57. The van der Waals surface area contributed by atoms with Gasteiger partial charge >= 0.3 is 54.2 Å². The number of halogens is 8. The third-order valence-corrected chi connectivity index (χ3v) is 1.04. The van der Waals surface area contributed by atoms with Crippen LogP contribution in [0.5, 0.6) is 0 Å². The second-order valence-corrected chi connectivity index (χ2v) is 4.71. The first-order valence-corrected chi connectivity index (χ1v) is 5.87. The topological polar surface area (TPSA) is 54.4 Å². The average molecular weight is 298 g/mol. The van der Waals surface area contributed by atoms with Gasteiger partial charge in [0.05, 0.1) is 0 Å². The van der Waals surface area contributed by atoms with Crippen LogP contribution >= 0.6 is 8.16 Å². The summed E-state index contributed by atoms with van der Waals surface area (Å²) in [6.45, 7) is 0. The molecule has 0 aromatic heterocycles. The molecule has 0 amide bonds. The SMILES string of the molecule is FP(F)(F)(F)F.O=S(=O)(O)CC(F)(F)F.[H-].[Li+]. The Kier molecular flexibility index (Phi) is 7.87. The molecule has 16 heavy (non-hydrogen) atoms. The van der Waals surface area contributed by atoms with Gasteiger partial charge in [0.1, 0.15) is 0 Å². The maximum atomic E-state index is 11.0. The van der Waals surface area contributed by atoms with Crippen LogP contribution in [0, 0.1) is 0 Å². The molecule has 0 saturated carbocycles. The predicted octanol–water partition coefficient (Wildman–Crippen LogP) is 0.515. The van der Waals surface area contributed by atoms with Gasteiger partial charge in [0.25, 0.3) is 10.1 Å². The van der Waals surface area contributed by atoms with Crippen molar-refractivity contribution in [2.75, 3.05) is 5.75 Å². The quantitative estimate of drug-likeness (QED) is 0.332. The van der Waals surface area contributed by atoms with Gasteiger partial charge in [0, 0.05) is 0 Å². The molecule has 0 radical (unpaired) electrons. The summed E-state index contributed by atoms with van der Waals surface area (Å²) in [6, 6.07) is 0. The van der Waals surface area contributed by atoms with E-state index in [-0.39, 0.29) is 20.3 Å². The molecule has 0 rings (SSSR count). The third-order valence-electron chi connectivity index (χ3n) is 0.346. The molecule has 0 aromatic rings. The van der Waals surface area contributed by atoms with E-state index in [1.54, 1.807) is 0 Å². The Labute approximate surface area is 98.1 Å². The van der Waals surface area contributed by atoms with Crippen LogP contribution in [-0.2, 0) is 10.1 Å². The summed E-state index contributed by atoms with van der Waals surface area (Å²) in [5, 5.41) is 0. The van der Waals surface area contributed by atoms with E-state index in [9.17, 15) is 42.6 Å². The second kappa shape index (κ2) is 5.82. The first kappa shape index (κ1) is 21.6. The van der Waals surface area contributed by atoms with E-state index in [1.807, 2.05) is 0 Å². The summed E-state index contributed by atoms with van der Waals surface area (Å²) in [4.78, 5) is 0. The molecule has 0 aliphatic rings. The summed E-state index contributed by atoms with van der Waals surface area (Å²) >= 11 is 0. The Morgan fingerprint density at radius 3 is 1.25 bits per heavy atom. The van der Waals surface area contributed by atoms with Crippen molar-refractivity contribution >= 4 is 18.3 Å². The van der Waals surface area contributed by atoms with Crippen molar-refractivity contribution in [1.82, 2.24) is 0 Å². The van der Waals surface area contributed by atoms with Gasteiger partial charge in [-0.1, -0.05) is 0 Å². The molecule has 1 N–H and O–H groups in total. The Hall–Kier alpha value is 0.377. The maximum absolute atomic E-state index is 11.0. The largest absolute Gasteiger partial charge is 1.00 e. The molecule has 0 unspecified atom stereocenters. The smallest absolute Gasteiger partial charge is 1.00 e. The van der Waals surface area contributed by atoms with Crippen molar-refractivity contribution < 1.29 is 67.4 Å². The van der Waals surface area contributed by atoms with E-state index in [0.717, 1.165) is 0 Å². The van der Waals surface area contributed by atoms with Crippen molar-refractivity contribution in [2.45, 2.75) is 6.18 Å². The van der Waals surface area contributed by atoms with E-state index in [4.69, 9.17) is 4.55 Å². The van der Waals surface area contributed by atoms with Crippen molar-refractivity contribution in [3.05, 3.63) is 0 Å². The Morgan fingerprint density at radius 1 is 1.06 bits per heavy atom. The number of rotatable bonds is 1. The van der Waals surface area contributed by atoms with Crippen LogP contribution in [-0.4, -0.2) is 24.9 Å². The monoisotopic (exact) mass is 298 g/mol. The van der Waals surface area contributed by atoms with Crippen molar-refractivity contribution in [2.24, 2.45) is 0 Å². The van der Waals surface area contributed by atoms with E-state index in [2.05, 4.69) is 0 Å². The van der Waals surface area contributed by atoms with Crippen LogP contribution in [0.2, 0.25) is 0 Å². The van der Waals surface area contributed by atoms with Crippen LogP contribution in [0.15, 0.2) is 0 Å². The van der Waals surface area contributed by atoms with Crippen LogP contribution in [0.3, 0.4) is 0 Å². The summed E-state index contributed by atoms with van der Waals surface area (Å²) in [5.41, 5.74) is 0. The summed E-state index contributed by atoms with van der Waals surface area (Å²) in [7, 11) is -13.5. The summed E-state index contributed by atoms with van der Waals surface area (Å²) < 4.78 is 109. The van der Waals surface area contributed by atoms with Crippen molar-refractivity contribution in [1.29, 1.82) is 0 Å². The molecule has 98 valence electrons. The zero-order chi connectivity index (χ0) is 13.2. The molecule has 14 heteroatoms. The van der Waals surface area contributed by atoms with E-state index in [0.29, 0.717) is 0 Å². The minimum atomic E-state index is -8.55. The van der Waals surface area contributed by atoms with Gasteiger partial charge in [-0.05, 0) is 0 Å². The minimum absolute atomic E-state index is 0. The van der Waals surface area contributed by atoms with Crippen LogP contribution in [0.1, 0.15) is 1.43 Å². The Bertz CT molecular complexity index is 290. The maximum Gasteiger partial charge on any atom is 1.00 e. The first-order chi connectivity index (χ1) is 5.94. The fourth-order valence-electron chi connectivity index (χ4n) is 0.207. The molecule has 0 aliphatic heterocycles. The van der Waals surface area contributed by atoms with Crippen molar-refractivity contribution in [3.8, 4) is 0 Å². The second-order valence-electron chi connectivity index (χ2n) is 1.98. The molecule has 0 spiro atoms. The standard InChI is InChI=1S/C2H3F3O3S.F5P.Li.H/c3-2(4,5)1-9(6,7)8;1-6(2,3,4)5;;/h1H2,(H,6,7,8);;;/q;;+1;-1. The third kappa shape index (κ3) is 63.3. The van der Waals surface area contributed by atoms with Gasteiger partial charge in [0.2, 0.25) is 0 Å². The molecule has 3 nitrogen and oxygen atoms in total. The summed E-state index contributed by atoms with van der Waals surface area (Å²) in [5.74, 6) is -2.18. The molecule has 0 saturated heterocycles. The molecule has 0 bridgehead atoms. The molecule has 0 heterocycles. The van der Waals surface area contributed by atoms with Gasteiger partial charge in [-0.25, -0.2) is 0 Å². The number of alkyl halides is 3. The Balaban J connectivity index is -0.0000000945. The molecule has 0 fully saturated rings. The molecule has 0 aromatic carbocycles. The zero-order valence-corrected chi connectivity index (χ0v) is 9.06. The summed E-state index contributed by atoms with van der Waals surface area (Å²) in [6.07, 6.45) is -4.85. The normalized spacial score (nSPS) is 14.9. The minimum Gasteiger partial charge on any atom is -1.00 e. The Morgan fingerprint density at radius 2 is 1.25 bits per heavy atom. The fourth-order valence-corrected chi connectivity index (χ4v) is 0.620. The van der Waals surface area contributed by atoms with Crippen LogP contribution in [0.25, 0.3) is 0 Å². The molecule has 0 aliphatic carbocycles. The van der Waals surface area contributed by atoms with Gasteiger partial charge in [-0.15, -0.1) is 0 Å². The van der Waals surface area contributed by atoms with Gasteiger partial charge < -0.3 is 1.43 Å². The van der Waals surface area contributed by atoms with Gasteiger partial charge in [-0.2, -0.15) is 21.6 Å². The predicted molar refractivity (Wildman–Crippen MR) is 36.0 cm³/mol. The van der Waals surface area contributed by atoms with Gasteiger partial charge in [-0.3, -0.25) is 4.55 Å². The molecular formula is C2H4F8LiO3PS. The zero-order valence-electron chi connectivity index (χ0n) is 8.35. The van der Waals surface area contributed by atoms with Crippen LogP contribution < -0.4 is 18.9 Å². The van der Waals surface area contributed by atoms with Crippen LogP contribution in [0.4, 0.5) is 34.2 Å². The van der Waals surface area contributed by atoms with E-state index >= 15 is 0 Å². The molecule has 0 atom stereocenters. The van der Waals surface area contributed by atoms with E-state index in [1.165, 1.54) is 0 Å². The number of hydrogen-bond donors (Lipinski definition) is 1. The fraction of sp³-hybridized carbons (Fsp3) is 1.00. The van der Waals surface area contributed by atoms with Gasteiger partial charge in [0.15, 0.2) is 5.75 Å². The van der Waals surface area contributed by atoms with E-state index < -0.39 is 30.2 Å². The number of hydrogen-bond acceptors (Lipinski definition) is 2.